The lowest BCUT2D eigenvalue weighted by Gasteiger charge is -2.36. The third-order valence-corrected chi connectivity index (χ3v) is 7.98. The maximum atomic E-state index is 6.14. The number of benzene rings is 1. The van der Waals surface area contributed by atoms with Gasteiger partial charge in [0.15, 0.2) is 6.10 Å². The molecule has 33 heavy (non-hydrogen) atoms. The first-order chi connectivity index (χ1) is 16.2. The number of allylic oxidation sites excluding steroid dienone is 1. The van der Waals surface area contributed by atoms with Crippen molar-refractivity contribution in [3.8, 4) is 5.75 Å². The van der Waals surface area contributed by atoms with Gasteiger partial charge >= 0.3 is 0 Å². The van der Waals surface area contributed by atoms with Gasteiger partial charge in [0.2, 0.25) is 0 Å². The Balaban J connectivity index is 1.02. The van der Waals surface area contributed by atoms with Crippen LogP contribution in [-0.2, 0) is 4.84 Å². The molecule has 0 bridgehead atoms. The molecule has 6 heteroatoms. The van der Waals surface area contributed by atoms with Gasteiger partial charge in [-0.3, -0.25) is 9.80 Å². The molecule has 3 aliphatic heterocycles. The predicted molar refractivity (Wildman–Crippen MR) is 132 cm³/mol. The number of aromatic nitrogens is 1. The maximum absolute atomic E-state index is 6.14. The van der Waals surface area contributed by atoms with Crippen molar-refractivity contribution in [1.29, 1.82) is 0 Å². The van der Waals surface area contributed by atoms with Crippen LogP contribution >= 0.6 is 0 Å². The van der Waals surface area contributed by atoms with Crippen LogP contribution in [0.1, 0.15) is 44.6 Å². The van der Waals surface area contributed by atoms with E-state index in [1.807, 2.05) is 6.20 Å². The second-order valence-corrected chi connectivity index (χ2v) is 10.4. The molecule has 2 atom stereocenters. The molecule has 0 spiro atoms. The summed E-state index contributed by atoms with van der Waals surface area (Å²) < 4.78 is 6.14. The minimum absolute atomic E-state index is 0.0783. The molecule has 176 valence electrons. The second-order valence-electron chi connectivity index (χ2n) is 10.4. The molecular formula is C27H36N4O2. The second kappa shape index (κ2) is 9.15. The first-order valence-electron chi connectivity index (χ1n) is 12.8. The Morgan fingerprint density at radius 2 is 1.94 bits per heavy atom. The number of piperazine rings is 1. The lowest BCUT2D eigenvalue weighted by Crippen LogP contribution is -2.50. The number of hydrogen-bond acceptors (Lipinski definition) is 5. The largest absolute Gasteiger partial charge is 0.492 e. The van der Waals surface area contributed by atoms with Gasteiger partial charge in [-0.2, -0.15) is 0 Å². The highest BCUT2D eigenvalue weighted by Gasteiger charge is 2.41. The SMILES string of the molecule is C/C(=C\C1CCCCC1)CN1CCN(CC2ON=C3c4cc5cc[nH]c5cc4OCC32)CC1. The molecule has 2 aromatic rings. The number of hydrogen-bond donors (Lipinski definition) is 1. The predicted octanol–water partition coefficient (Wildman–Crippen LogP) is 4.42. The monoisotopic (exact) mass is 448 g/mol. The minimum atomic E-state index is 0.0783. The van der Waals surface area contributed by atoms with Crippen molar-refractivity contribution in [2.24, 2.45) is 17.0 Å². The molecule has 0 amide bonds. The number of ether oxygens (including phenoxy) is 1. The number of rotatable bonds is 5. The van der Waals surface area contributed by atoms with Crippen molar-refractivity contribution in [1.82, 2.24) is 14.8 Å². The van der Waals surface area contributed by atoms with Crippen molar-refractivity contribution in [3.63, 3.8) is 0 Å². The van der Waals surface area contributed by atoms with Gasteiger partial charge in [-0.1, -0.05) is 36.1 Å². The van der Waals surface area contributed by atoms with Gasteiger partial charge in [0.25, 0.3) is 0 Å². The zero-order chi connectivity index (χ0) is 22.2. The molecule has 1 aromatic heterocycles. The van der Waals surface area contributed by atoms with E-state index in [4.69, 9.17) is 9.57 Å². The molecule has 0 radical (unpaired) electrons. The Kier molecular flexibility index (Phi) is 5.89. The van der Waals surface area contributed by atoms with Crippen LogP contribution in [0.2, 0.25) is 0 Å². The zero-order valence-electron chi connectivity index (χ0n) is 19.8. The molecule has 4 heterocycles. The van der Waals surface area contributed by atoms with E-state index in [2.05, 4.69) is 51.1 Å². The topological polar surface area (TPSA) is 53.1 Å². The molecule has 6 rings (SSSR count). The summed E-state index contributed by atoms with van der Waals surface area (Å²) in [4.78, 5) is 14.4. The third kappa shape index (κ3) is 4.43. The molecule has 2 unspecified atom stereocenters. The van der Waals surface area contributed by atoms with E-state index in [0.717, 1.165) is 67.7 Å². The fourth-order valence-electron chi connectivity index (χ4n) is 6.11. The summed E-state index contributed by atoms with van der Waals surface area (Å²) in [6.07, 6.45) is 11.7. The molecule has 1 aliphatic carbocycles. The number of nitrogens with zero attached hydrogens (tertiary/aromatic N) is 3. The highest BCUT2D eigenvalue weighted by atomic mass is 16.6. The quantitative estimate of drug-likeness (QED) is 0.688. The summed E-state index contributed by atoms with van der Waals surface area (Å²) in [7, 11) is 0. The van der Waals surface area contributed by atoms with Crippen molar-refractivity contribution < 1.29 is 9.57 Å². The van der Waals surface area contributed by atoms with Gasteiger partial charge in [-0.25, -0.2) is 0 Å². The average Bonchev–Trinajstić information content (AvgIpc) is 3.46. The molecule has 6 nitrogen and oxygen atoms in total. The van der Waals surface area contributed by atoms with Crippen molar-refractivity contribution in [2.75, 3.05) is 45.9 Å². The number of oxime groups is 1. The zero-order valence-corrected chi connectivity index (χ0v) is 19.8. The average molecular weight is 449 g/mol. The van der Waals surface area contributed by atoms with Gasteiger partial charge < -0.3 is 14.6 Å². The van der Waals surface area contributed by atoms with E-state index in [9.17, 15) is 0 Å². The lowest BCUT2D eigenvalue weighted by atomic mass is 9.88. The molecule has 1 saturated heterocycles. The van der Waals surface area contributed by atoms with E-state index >= 15 is 0 Å². The first-order valence-corrected chi connectivity index (χ1v) is 12.8. The van der Waals surface area contributed by atoms with Crippen LogP contribution in [0.5, 0.6) is 5.75 Å². The van der Waals surface area contributed by atoms with Gasteiger partial charge in [-0.15, -0.1) is 0 Å². The van der Waals surface area contributed by atoms with Crippen LogP contribution in [0.15, 0.2) is 41.2 Å². The summed E-state index contributed by atoms with van der Waals surface area (Å²) in [6, 6.07) is 6.36. The standard InChI is InChI=1S/C27H36N4O2/c1-19(13-20-5-3-2-4-6-20)16-30-9-11-31(12-10-30)17-26-23-18-32-25-15-24-21(7-8-28-24)14-22(25)27(23)29-33-26/h7-8,13-15,20,23,26,28H,2-6,9-12,16-18H2,1H3/b19-13+. The van der Waals surface area contributed by atoms with Crippen LogP contribution in [0.4, 0.5) is 0 Å². The highest BCUT2D eigenvalue weighted by molar-refractivity contribution is 6.08. The van der Waals surface area contributed by atoms with Crippen molar-refractivity contribution >= 4 is 16.6 Å². The lowest BCUT2D eigenvalue weighted by molar-refractivity contribution is 0.0101. The Hall–Kier alpha value is -2.31. The summed E-state index contributed by atoms with van der Waals surface area (Å²) in [5.41, 5.74) is 4.81. The smallest absolute Gasteiger partial charge is 0.151 e. The highest BCUT2D eigenvalue weighted by Crippen LogP contribution is 2.36. The van der Waals surface area contributed by atoms with Crippen LogP contribution in [0, 0.1) is 11.8 Å². The molecule has 2 fully saturated rings. The van der Waals surface area contributed by atoms with Crippen molar-refractivity contribution in [2.45, 2.75) is 45.1 Å². The van der Waals surface area contributed by atoms with E-state index in [1.165, 1.54) is 37.5 Å². The molecule has 1 saturated carbocycles. The Labute approximate surface area is 196 Å². The van der Waals surface area contributed by atoms with Gasteiger partial charge in [0.1, 0.15) is 18.1 Å². The Morgan fingerprint density at radius 1 is 1.12 bits per heavy atom. The van der Waals surface area contributed by atoms with Crippen LogP contribution in [-0.4, -0.2) is 72.5 Å². The number of aromatic amines is 1. The summed E-state index contributed by atoms with van der Waals surface area (Å²) in [6.45, 7) is 9.48. The molecular weight excluding hydrogens is 412 g/mol. The van der Waals surface area contributed by atoms with E-state index in [-0.39, 0.29) is 12.0 Å². The van der Waals surface area contributed by atoms with Crippen LogP contribution in [0.25, 0.3) is 10.9 Å². The van der Waals surface area contributed by atoms with E-state index < -0.39 is 0 Å². The normalized spacial score (nSPS) is 27.1. The molecule has 1 aromatic carbocycles. The fourth-order valence-corrected chi connectivity index (χ4v) is 6.11. The summed E-state index contributed by atoms with van der Waals surface area (Å²) in [5, 5.41) is 5.72. The summed E-state index contributed by atoms with van der Waals surface area (Å²) in [5.74, 6) is 1.95. The Bertz CT molecular complexity index is 1040. The number of nitrogens with one attached hydrogen (secondary N) is 1. The third-order valence-electron chi connectivity index (χ3n) is 7.98. The first kappa shape index (κ1) is 21.2. The molecule has 4 aliphatic rings. The van der Waals surface area contributed by atoms with Gasteiger partial charge in [-0.05, 0) is 37.8 Å². The summed E-state index contributed by atoms with van der Waals surface area (Å²) >= 11 is 0. The van der Waals surface area contributed by atoms with Crippen molar-refractivity contribution in [3.05, 3.63) is 41.6 Å². The molecule has 1 N–H and O–H groups in total. The van der Waals surface area contributed by atoms with E-state index in [1.54, 1.807) is 5.57 Å². The Morgan fingerprint density at radius 3 is 2.79 bits per heavy atom. The number of H-pyrrole nitrogens is 1. The van der Waals surface area contributed by atoms with E-state index in [0.29, 0.717) is 6.61 Å². The van der Waals surface area contributed by atoms with Gasteiger partial charge in [0.05, 0.1) is 5.92 Å². The fraction of sp³-hybridized carbons (Fsp3) is 0.593. The van der Waals surface area contributed by atoms with Crippen LogP contribution in [0.3, 0.4) is 0 Å². The maximum Gasteiger partial charge on any atom is 0.151 e. The number of fused-ring (bicyclic) bond motifs is 4. The van der Waals surface area contributed by atoms with Crippen LogP contribution < -0.4 is 4.74 Å². The van der Waals surface area contributed by atoms with Gasteiger partial charge in [0, 0.05) is 68.0 Å². The minimum Gasteiger partial charge on any atom is -0.492 e.